The van der Waals surface area contributed by atoms with Crippen molar-refractivity contribution < 1.29 is 43.8 Å². The number of amides is 5. The van der Waals surface area contributed by atoms with Crippen LogP contribution in [0.3, 0.4) is 0 Å². The molecule has 52 heavy (non-hydrogen) atoms. The number of carbonyl (C=O) groups excluding carboxylic acids is 5. The van der Waals surface area contributed by atoms with Crippen molar-refractivity contribution in [3.05, 3.63) is 0 Å². The predicted molar refractivity (Wildman–Crippen MR) is 192 cm³/mol. The molecular weight excluding hydrogens is 678 g/mol. The number of guanidine groups is 1. The second-order valence-electron chi connectivity index (χ2n) is 14.7. The van der Waals surface area contributed by atoms with Gasteiger partial charge in [-0.2, -0.15) is 0 Å². The summed E-state index contributed by atoms with van der Waals surface area (Å²) in [5, 5.41) is 39.1. The molecule has 1 rings (SSSR count). The number of nitrogens with two attached hydrogens (primary N) is 2. The van der Waals surface area contributed by atoms with E-state index in [2.05, 4.69) is 26.6 Å². The lowest BCUT2D eigenvalue weighted by atomic mass is 10.00. The summed E-state index contributed by atoms with van der Waals surface area (Å²) in [4.78, 5) is 92.0. The Morgan fingerprint density at radius 1 is 0.750 bits per heavy atom. The van der Waals surface area contributed by atoms with Crippen LogP contribution in [-0.2, 0) is 33.6 Å². The molecule has 0 aromatic heterocycles. The Labute approximate surface area is 305 Å². The highest BCUT2D eigenvalue weighted by atomic mass is 16.4. The van der Waals surface area contributed by atoms with Gasteiger partial charge >= 0.3 is 11.9 Å². The predicted octanol–water partition coefficient (Wildman–Crippen LogP) is -0.405. The molecule has 1 saturated heterocycles. The van der Waals surface area contributed by atoms with Crippen LogP contribution in [0.25, 0.3) is 0 Å². The van der Waals surface area contributed by atoms with Crippen LogP contribution >= 0.6 is 0 Å². The minimum Gasteiger partial charge on any atom is -0.481 e. The number of hydrogen-bond acceptors (Lipinski definition) is 9. The molecule has 0 aliphatic carbocycles. The van der Waals surface area contributed by atoms with Gasteiger partial charge in [-0.25, -0.2) is 4.79 Å². The van der Waals surface area contributed by atoms with Crippen LogP contribution in [-0.4, -0.2) is 112 Å². The number of nitrogens with zero attached hydrogens (tertiary/aromatic N) is 1. The van der Waals surface area contributed by atoms with E-state index < -0.39 is 78.2 Å². The van der Waals surface area contributed by atoms with Crippen molar-refractivity contribution in [1.29, 1.82) is 5.41 Å². The van der Waals surface area contributed by atoms with E-state index in [9.17, 15) is 43.8 Å². The fourth-order valence-electron chi connectivity index (χ4n) is 5.94. The maximum Gasteiger partial charge on any atom is 0.326 e. The van der Waals surface area contributed by atoms with Gasteiger partial charge in [-0.3, -0.25) is 34.2 Å². The second kappa shape index (κ2) is 22.5. The molecule has 0 saturated carbocycles. The van der Waals surface area contributed by atoms with Crippen molar-refractivity contribution in [1.82, 2.24) is 31.5 Å². The van der Waals surface area contributed by atoms with E-state index in [4.69, 9.17) is 16.9 Å². The van der Waals surface area contributed by atoms with Crippen LogP contribution in [0.2, 0.25) is 0 Å². The number of hydrogen-bond donors (Lipinski definition) is 10. The minimum absolute atomic E-state index is 0.00147. The summed E-state index contributed by atoms with van der Waals surface area (Å²) in [7, 11) is 0. The molecule has 1 fully saturated rings. The lowest BCUT2D eigenvalue weighted by Crippen LogP contribution is -2.59. The lowest BCUT2D eigenvalue weighted by Gasteiger charge is -2.30. The summed E-state index contributed by atoms with van der Waals surface area (Å²) in [6, 6.07) is -6.72. The van der Waals surface area contributed by atoms with Crippen molar-refractivity contribution >= 4 is 47.4 Å². The van der Waals surface area contributed by atoms with Crippen LogP contribution in [0.15, 0.2) is 0 Å². The number of likely N-dealkylation sites (tertiary alicyclic amines) is 1. The fraction of sp³-hybridized carbons (Fsp3) is 0.765. The largest absolute Gasteiger partial charge is 0.481 e. The molecule has 18 nitrogen and oxygen atoms in total. The van der Waals surface area contributed by atoms with Crippen LogP contribution in [0.4, 0.5) is 0 Å². The number of aliphatic carboxylic acids is 2. The Balaban J connectivity index is 3.18. The van der Waals surface area contributed by atoms with Crippen LogP contribution in [0.5, 0.6) is 0 Å². The minimum atomic E-state index is -1.43. The van der Waals surface area contributed by atoms with Gasteiger partial charge in [0.05, 0.1) is 6.04 Å². The normalized spacial score (nSPS) is 17.1. The summed E-state index contributed by atoms with van der Waals surface area (Å²) in [5.74, 6) is -6.19. The number of carboxylic acid groups (broad SMARTS) is 2. The molecule has 0 spiro atoms. The Morgan fingerprint density at radius 3 is 1.75 bits per heavy atom. The Morgan fingerprint density at radius 2 is 1.25 bits per heavy atom. The average molecular weight is 740 g/mol. The van der Waals surface area contributed by atoms with Gasteiger partial charge in [-0.1, -0.05) is 41.5 Å². The molecule has 0 radical (unpaired) electrons. The van der Waals surface area contributed by atoms with E-state index in [-0.39, 0.29) is 68.3 Å². The van der Waals surface area contributed by atoms with Gasteiger partial charge in [0.1, 0.15) is 30.2 Å². The molecule has 12 N–H and O–H groups in total. The highest BCUT2D eigenvalue weighted by Gasteiger charge is 2.38. The molecule has 0 aromatic carbocycles. The van der Waals surface area contributed by atoms with Crippen LogP contribution < -0.4 is 38.1 Å². The lowest BCUT2D eigenvalue weighted by molar-refractivity contribution is -0.142. The summed E-state index contributed by atoms with van der Waals surface area (Å²) in [6.45, 7) is 11.7. The van der Waals surface area contributed by atoms with Crippen LogP contribution in [0, 0.1) is 23.2 Å². The summed E-state index contributed by atoms with van der Waals surface area (Å²) in [6.07, 6.45) is 1.07. The second-order valence-corrected chi connectivity index (χ2v) is 14.7. The SMILES string of the molecule is CC(C)C[C@H](NC(=O)[C@H](CCC(=O)O)NC(=O)[C@H](CC(C)C)NC(=O)[C@@H]1CCCN1C(=O)[C@@H](N)CC(C)C)C(=O)N[C@@H](CCCNC(=N)N)C(=O)O. The first-order chi connectivity index (χ1) is 24.2. The highest BCUT2D eigenvalue weighted by Crippen LogP contribution is 2.21. The van der Waals surface area contributed by atoms with E-state index >= 15 is 0 Å². The van der Waals surface area contributed by atoms with Gasteiger partial charge in [-0.15, -0.1) is 0 Å². The number of nitrogens with one attached hydrogen (secondary N) is 6. The first-order valence-corrected chi connectivity index (χ1v) is 18.0. The van der Waals surface area contributed by atoms with E-state index in [0.29, 0.717) is 25.8 Å². The average Bonchev–Trinajstić information content (AvgIpc) is 3.52. The molecule has 1 aliphatic rings. The number of rotatable bonds is 23. The summed E-state index contributed by atoms with van der Waals surface area (Å²) < 4.78 is 0. The van der Waals surface area contributed by atoms with Crippen molar-refractivity contribution in [3.63, 3.8) is 0 Å². The molecule has 296 valence electrons. The van der Waals surface area contributed by atoms with Crippen molar-refractivity contribution in [2.24, 2.45) is 29.2 Å². The monoisotopic (exact) mass is 739 g/mol. The maximum absolute atomic E-state index is 13.7. The zero-order valence-electron chi connectivity index (χ0n) is 31.3. The third-order valence-corrected chi connectivity index (χ3v) is 8.44. The maximum atomic E-state index is 13.7. The van der Waals surface area contributed by atoms with Crippen molar-refractivity contribution in [3.8, 4) is 0 Å². The Bertz CT molecular complexity index is 1260. The first-order valence-electron chi connectivity index (χ1n) is 18.0. The van der Waals surface area contributed by atoms with Gasteiger partial charge in [0.25, 0.3) is 0 Å². The standard InChI is InChI=1S/C34H61N9O9/c1-18(2)15-21(35)32(50)43-14-8-10-26(43)31(49)42-25(17-20(5)6)29(47)39-22(11-12-27(44)45)28(46)41-24(16-19(3)4)30(48)40-23(33(51)52)9-7-13-38-34(36)37/h18-26H,7-17,35H2,1-6H3,(H,39,47)(H,40,48)(H,41,46)(H,42,49)(H,44,45)(H,51,52)(H4,36,37,38)/t21-,22-,23-,24-,25-,26-/m0/s1. The van der Waals surface area contributed by atoms with Gasteiger partial charge in [0.15, 0.2) is 5.96 Å². The van der Waals surface area contributed by atoms with Gasteiger partial charge in [0.2, 0.25) is 29.5 Å². The third-order valence-electron chi connectivity index (χ3n) is 8.44. The van der Waals surface area contributed by atoms with E-state index in [1.165, 1.54) is 4.90 Å². The topological polar surface area (TPSA) is 299 Å². The molecule has 0 unspecified atom stereocenters. The Kier molecular flexibility index (Phi) is 19.7. The molecule has 0 bridgehead atoms. The molecule has 18 heteroatoms. The van der Waals surface area contributed by atoms with Crippen molar-refractivity contribution in [2.45, 2.75) is 136 Å². The van der Waals surface area contributed by atoms with Crippen molar-refractivity contribution in [2.75, 3.05) is 13.1 Å². The smallest absolute Gasteiger partial charge is 0.326 e. The summed E-state index contributed by atoms with van der Waals surface area (Å²) >= 11 is 0. The van der Waals surface area contributed by atoms with E-state index in [1.807, 2.05) is 27.7 Å². The highest BCUT2D eigenvalue weighted by molar-refractivity contribution is 5.96. The fourth-order valence-corrected chi connectivity index (χ4v) is 5.94. The van der Waals surface area contributed by atoms with E-state index in [0.717, 1.165) is 0 Å². The third kappa shape index (κ3) is 16.7. The van der Waals surface area contributed by atoms with Gasteiger partial charge in [-0.05, 0) is 69.1 Å². The zero-order valence-corrected chi connectivity index (χ0v) is 31.3. The number of carboxylic acids is 2. The molecule has 0 aromatic rings. The molecular formula is C34H61N9O9. The van der Waals surface area contributed by atoms with Crippen LogP contribution in [0.1, 0.15) is 99.3 Å². The van der Waals surface area contributed by atoms with Gasteiger partial charge < -0.3 is 53.2 Å². The van der Waals surface area contributed by atoms with Gasteiger partial charge in [0, 0.05) is 19.5 Å². The summed E-state index contributed by atoms with van der Waals surface area (Å²) in [5.41, 5.74) is 11.4. The molecule has 1 aliphatic heterocycles. The van der Waals surface area contributed by atoms with E-state index in [1.54, 1.807) is 13.8 Å². The first kappa shape index (κ1) is 45.5. The Hall–Kier alpha value is -4.48. The molecule has 1 heterocycles. The molecule has 5 amide bonds. The quantitative estimate of drug-likeness (QED) is 0.0364. The molecule has 6 atom stereocenters. The zero-order chi connectivity index (χ0) is 39.7. The number of carbonyl (C=O) groups is 7.